The van der Waals surface area contributed by atoms with Gasteiger partial charge in [0.25, 0.3) is 0 Å². The molecule has 7 nitrogen and oxygen atoms in total. The van der Waals surface area contributed by atoms with E-state index in [2.05, 4.69) is 81.6 Å². The van der Waals surface area contributed by atoms with E-state index in [1.54, 1.807) is 0 Å². The molecule has 0 saturated heterocycles. The molecular formula is C25H27N7. The minimum atomic E-state index is 0.621. The summed E-state index contributed by atoms with van der Waals surface area (Å²) in [4.78, 5) is 4.68. The highest BCUT2D eigenvalue weighted by Crippen LogP contribution is 2.29. The highest BCUT2D eigenvalue weighted by molar-refractivity contribution is 5.80. The number of hydrogen-bond acceptors (Lipinski definition) is 5. The minimum absolute atomic E-state index is 0.621. The van der Waals surface area contributed by atoms with Gasteiger partial charge in [0.2, 0.25) is 5.82 Å². The van der Waals surface area contributed by atoms with Gasteiger partial charge in [-0.2, -0.15) is 5.10 Å². The van der Waals surface area contributed by atoms with Gasteiger partial charge in [-0.15, -0.1) is 5.10 Å². The summed E-state index contributed by atoms with van der Waals surface area (Å²) in [6.07, 6.45) is 2.74. The molecule has 32 heavy (non-hydrogen) atoms. The number of benzene rings is 2. The summed E-state index contributed by atoms with van der Waals surface area (Å²) in [7, 11) is 0. The number of nitrogens with zero attached hydrogens (tertiary/aromatic N) is 6. The molecule has 4 rings (SSSR count). The molecule has 162 valence electrons. The predicted molar refractivity (Wildman–Crippen MR) is 125 cm³/mol. The van der Waals surface area contributed by atoms with Crippen molar-refractivity contribution in [3.63, 3.8) is 0 Å². The molecule has 0 atom stereocenters. The zero-order valence-electron chi connectivity index (χ0n) is 18.7. The summed E-state index contributed by atoms with van der Waals surface area (Å²) in [5.41, 5.74) is 4.28. The van der Waals surface area contributed by atoms with Crippen LogP contribution in [0.15, 0.2) is 48.5 Å². The first-order valence-electron chi connectivity index (χ1n) is 11.0. The maximum Gasteiger partial charge on any atom is 0.203 e. The Kier molecular flexibility index (Phi) is 6.71. The molecule has 4 aromatic rings. The van der Waals surface area contributed by atoms with Crippen molar-refractivity contribution in [1.82, 2.24) is 35.4 Å². The fraction of sp³-hybridized carbons (Fsp3) is 0.320. The molecule has 0 aliphatic carbocycles. The van der Waals surface area contributed by atoms with E-state index in [0.717, 1.165) is 53.2 Å². The third-order valence-corrected chi connectivity index (χ3v) is 5.16. The Balaban J connectivity index is 1.57. The van der Waals surface area contributed by atoms with E-state index in [1.807, 2.05) is 29.8 Å². The summed E-state index contributed by atoms with van der Waals surface area (Å²) in [6, 6.07) is 16.6. The lowest BCUT2D eigenvalue weighted by Gasteiger charge is -2.09. The summed E-state index contributed by atoms with van der Waals surface area (Å²) in [5.74, 6) is 9.17. The van der Waals surface area contributed by atoms with Gasteiger partial charge in [-0.1, -0.05) is 75.2 Å². The van der Waals surface area contributed by atoms with Crippen molar-refractivity contribution in [3.05, 3.63) is 65.7 Å². The van der Waals surface area contributed by atoms with Crippen LogP contribution in [0.5, 0.6) is 0 Å². The average molecular weight is 426 g/mol. The number of rotatable bonds is 7. The van der Waals surface area contributed by atoms with Crippen molar-refractivity contribution in [2.75, 3.05) is 0 Å². The molecule has 0 aliphatic heterocycles. The standard InChI is InChI=1S/C25H27N7/c1-4-5-10-24-26-23(16-11-18(2)3)29-32(24)17-19-12-14-20(15-13-19)21-8-6-7-9-22(21)25-27-30-31-28-25/h6-9,12-15,18H,4,11,16-17H2,1-3H3,(H,27,28,30,31). The van der Waals surface area contributed by atoms with Crippen LogP contribution in [0, 0.1) is 17.8 Å². The molecule has 7 heteroatoms. The largest absolute Gasteiger partial charge is 0.239 e. The van der Waals surface area contributed by atoms with Crippen molar-refractivity contribution in [1.29, 1.82) is 0 Å². The Labute approximate surface area is 188 Å². The lowest BCUT2D eigenvalue weighted by Crippen LogP contribution is -2.05. The molecule has 0 amide bonds. The van der Waals surface area contributed by atoms with E-state index < -0.39 is 0 Å². The Morgan fingerprint density at radius 2 is 1.81 bits per heavy atom. The van der Waals surface area contributed by atoms with E-state index in [0.29, 0.717) is 18.3 Å². The molecular weight excluding hydrogens is 398 g/mol. The van der Waals surface area contributed by atoms with E-state index in [4.69, 9.17) is 5.10 Å². The van der Waals surface area contributed by atoms with Crippen LogP contribution in [-0.4, -0.2) is 35.4 Å². The molecule has 0 unspecified atom stereocenters. The molecule has 2 aromatic heterocycles. The zero-order valence-corrected chi connectivity index (χ0v) is 18.7. The van der Waals surface area contributed by atoms with Gasteiger partial charge in [0.1, 0.15) is 0 Å². The number of H-pyrrole nitrogens is 1. The topological polar surface area (TPSA) is 85.2 Å². The number of aromatic amines is 1. The molecule has 1 N–H and O–H groups in total. The lowest BCUT2D eigenvalue weighted by molar-refractivity contribution is 0.569. The maximum absolute atomic E-state index is 4.74. The maximum atomic E-state index is 4.74. The van der Waals surface area contributed by atoms with Gasteiger partial charge in [-0.3, -0.25) is 0 Å². The molecule has 0 spiro atoms. The highest BCUT2D eigenvalue weighted by Gasteiger charge is 2.12. The van der Waals surface area contributed by atoms with Crippen molar-refractivity contribution < 1.29 is 0 Å². The van der Waals surface area contributed by atoms with Crippen LogP contribution in [0.2, 0.25) is 0 Å². The third kappa shape index (κ3) is 5.09. The normalized spacial score (nSPS) is 10.9. The van der Waals surface area contributed by atoms with Crippen LogP contribution in [0.25, 0.3) is 22.5 Å². The molecule has 0 saturated carbocycles. The SMILES string of the molecule is CCC#Cc1nc(CCC(C)C)nn1Cc1ccc(-c2ccccc2-c2nnn[nH]2)cc1. The summed E-state index contributed by atoms with van der Waals surface area (Å²) in [6.45, 7) is 7.11. The average Bonchev–Trinajstić information content (AvgIpc) is 3.47. The van der Waals surface area contributed by atoms with E-state index in [-0.39, 0.29) is 0 Å². The van der Waals surface area contributed by atoms with Gasteiger partial charge in [-0.25, -0.2) is 14.8 Å². The molecule has 0 fully saturated rings. The smallest absolute Gasteiger partial charge is 0.203 e. The first kappa shape index (κ1) is 21.4. The van der Waals surface area contributed by atoms with Gasteiger partial charge in [0.05, 0.1) is 6.54 Å². The number of aryl methyl sites for hydroxylation is 1. The first-order valence-corrected chi connectivity index (χ1v) is 11.0. The van der Waals surface area contributed by atoms with Gasteiger partial charge < -0.3 is 0 Å². The van der Waals surface area contributed by atoms with E-state index in [1.165, 1.54) is 0 Å². The Bertz CT molecular complexity index is 1210. The van der Waals surface area contributed by atoms with Crippen LogP contribution in [-0.2, 0) is 13.0 Å². The van der Waals surface area contributed by atoms with Gasteiger partial charge in [0, 0.05) is 18.4 Å². The molecule has 2 heterocycles. The lowest BCUT2D eigenvalue weighted by atomic mass is 9.98. The van der Waals surface area contributed by atoms with Crippen LogP contribution in [0.1, 0.15) is 50.8 Å². The van der Waals surface area contributed by atoms with Crippen LogP contribution in [0.3, 0.4) is 0 Å². The Morgan fingerprint density at radius 3 is 2.50 bits per heavy atom. The third-order valence-electron chi connectivity index (χ3n) is 5.16. The van der Waals surface area contributed by atoms with Gasteiger partial charge in [0.15, 0.2) is 11.6 Å². The number of nitrogens with one attached hydrogen (secondary N) is 1. The second-order valence-corrected chi connectivity index (χ2v) is 8.09. The quantitative estimate of drug-likeness (QED) is 0.440. The Hall–Kier alpha value is -3.79. The minimum Gasteiger partial charge on any atom is -0.239 e. The van der Waals surface area contributed by atoms with Crippen LogP contribution >= 0.6 is 0 Å². The summed E-state index contributed by atoms with van der Waals surface area (Å²) < 4.78 is 1.92. The summed E-state index contributed by atoms with van der Waals surface area (Å²) >= 11 is 0. The molecule has 0 bridgehead atoms. The van der Waals surface area contributed by atoms with Gasteiger partial charge in [-0.05, 0) is 45.4 Å². The second kappa shape index (κ2) is 10.0. The first-order chi connectivity index (χ1) is 15.6. The molecule has 0 aliphatic rings. The monoisotopic (exact) mass is 425 g/mol. The van der Waals surface area contributed by atoms with Crippen molar-refractivity contribution in [2.24, 2.45) is 5.92 Å². The zero-order chi connectivity index (χ0) is 22.3. The predicted octanol–water partition coefficient (Wildman–Crippen LogP) is 4.52. The number of aromatic nitrogens is 7. The Morgan fingerprint density at radius 1 is 1.03 bits per heavy atom. The second-order valence-electron chi connectivity index (χ2n) is 8.09. The fourth-order valence-electron chi connectivity index (χ4n) is 3.46. The van der Waals surface area contributed by atoms with Gasteiger partial charge >= 0.3 is 0 Å². The van der Waals surface area contributed by atoms with Crippen molar-refractivity contribution in [2.45, 2.75) is 46.6 Å². The van der Waals surface area contributed by atoms with Crippen LogP contribution in [0.4, 0.5) is 0 Å². The van der Waals surface area contributed by atoms with E-state index in [9.17, 15) is 0 Å². The van der Waals surface area contributed by atoms with E-state index >= 15 is 0 Å². The highest BCUT2D eigenvalue weighted by atomic mass is 15.5. The molecule has 2 aromatic carbocycles. The number of tetrazole rings is 1. The van der Waals surface area contributed by atoms with Crippen molar-refractivity contribution >= 4 is 0 Å². The molecule has 0 radical (unpaired) electrons. The summed E-state index contributed by atoms with van der Waals surface area (Å²) in [5, 5.41) is 19.0. The fourth-order valence-corrected chi connectivity index (χ4v) is 3.46. The van der Waals surface area contributed by atoms with Crippen molar-refractivity contribution in [3.8, 4) is 34.4 Å². The number of hydrogen-bond donors (Lipinski definition) is 1. The van der Waals surface area contributed by atoms with Crippen LogP contribution < -0.4 is 0 Å².